The normalized spacial score (nSPS) is 10.4. The molecule has 1 aromatic carbocycles. The molecule has 0 unspecified atom stereocenters. The van der Waals surface area contributed by atoms with Gasteiger partial charge in [0.15, 0.2) is 6.61 Å². The lowest BCUT2D eigenvalue weighted by atomic mass is 10.2. The molecular weight excluding hydrogens is 272 g/mol. The maximum absolute atomic E-state index is 10.6. The summed E-state index contributed by atoms with van der Waals surface area (Å²) in [5.74, 6) is 0.190. The van der Waals surface area contributed by atoms with Gasteiger partial charge in [-0.05, 0) is 35.6 Å². The van der Waals surface area contributed by atoms with Gasteiger partial charge in [-0.2, -0.15) is 0 Å². The van der Waals surface area contributed by atoms with Crippen LogP contribution in [0.2, 0.25) is 0 Å². The highest BCUT2D eigenvalue weighted by Crippen LogP contribution is 2.12. The highest BCUT2D eigenvalue weighted by molar-refractivity contribution is 7.09. The molecule has 0 saturated carbocycles. The third kappa shape index (κ3) is 5.03. The van der Waals surface area contributed by atoms with Crippen molar-refractivity contribution in [1.82, 2.24) is 5.32 Å². The Bertz CT molecular complexity index is 523. The summed E-state index contributed by atoms with van der Waals surface area (Å²) in [7, 11) is 0. The molecule has 0 radical (unpaired) electrons. The van der Waals surface area contributed by atoms with Gasteiger partial charge >= 0.3 is 0 Å². The number of amides is 1. The first-order chi connectivity index (χ1) is 9.74. The minimum Gasteiger partial charge on any atom is -0.484 e. The van der Waals surface area contributed by atoms with Crippen molar-refractivity contribution in [3.8, 4) is 5.75 Å². The van der Waals surface area contributed by atoms with Gasteiger partial charge in [0.25, 0.3) is 5.91 Å². The van der Waals surface area contributed by atoms with Crippen molar-refractivity contribution < 1.29 is 9.53 Å². The predicted octanol–water partition coefficient (Wildman–Crippen LogP) is 1.94. The maximum Gasteiger partial charge on any atom is 0.255 e. The van der Waals surface area contributed by atoms with E-state index in [2.05, 4.69) is 22.8 Å². The van der Waals surface area contributed by atoms with Gasteiger partial charge in [-0.25, -0.2) is 0 Å². The van der Waals surface area contributed by atoms with Crippen molar-refractivity contribution in [1.29, 1.82) is 0 Å². The van der Waals surface area contributed by atoms with E-state index in [0.717, 1.165) is 19.5 Å². The quantitative estimate of drug-likeness (QED) is 0.730. The number of benzene rings is 1. The smallest absolute Gasteiger partial charge is 0.255 e. The summed E-state index contributed by atoms with van der Waals surface area (Å²) < 4.78 is 5.20. The average molecular weight is 290 g/mol. The molecule has 0 aliphatic carbocycles. The van der Waals surface area contributed by atoms with Crippen LogP contribution in [-0.2, 0) is 17.8 Å². The first kappa shape index (κ1) is 14.6. The van der Waals surface area contributed by atoms with Crippen LogP contribution >= 0.6 is 11.3 Å². The van der Waals surface area contributed by atoms with E-state index in [1.165, 1.54) is 10.4 Å². The second-order valence-corrected chi connectivity index (χ2v) is 5.44. The Hall–Kier alpha value is -1.85. The fourth-order valence-electron chi connectivity index (χ4n) is 1.76. The molecule has 0 saturated heterocycles. The third-order valence-electron chi connectivity index (χ3n) is 2.76. The molecule has 106 valence electrons. The van der Waals surface area contributed by atoms with Gasteiger partial charge < -0.3 is 15.8 Å². The van der Waals surface area contributed by atoms with Gasteiger partial charge in [0.05, 0.1) is 0 Å². The second kappa shape index (κ2) is 7.67. The fourth-order valence-corrected chi connectivity index (χ4v) is 2.47. The molecule has 5 heteroatoms. The number of hydrogen-bond acceptors (Lipinski definition) is 4. The van der Waals surface area contributed by atoms with E-state index in [1.807, 2.05) is 24.3 Å². The lowest BCUT2D eigenvalue weighted by molar-refractivity contribution is -0.119. The summed E-state index contributed by atoms with van der Waals surface area (Å²) in [5, 5.41) is 5.50. The van der Waals surface area contributed by atoms with Crippen molar-refractivity contribution in [2.75, 3.05) is 13.2 Å². The second-order valence-electron chi connectivity index (χ2n) is 4.41. The largest absolute Gasteiger partial charge is 0.484 e. The van der Waals surface area contributed by atoms with Crippen molar-refractivity contribution in [3.05, 3.63) is 52.2 Å². The van der Waals surface area contributed by atoms with E-state index in [0.29, 0.717) is 5.75 Å². The van der Waals surface area contributed by atoms with Crippen molar-refractivity contribution in [2.45, 2.75) is 13.0 Å². The van der Waals surface area contributed by atoms with Gasteiger partial charge in [0.1, 0.15) is 5.75 Å². The minimum atomic E-state index is -0.468. The van der Waals surface area contributed by atoms with Gasteiger partial charge in [0.2, 0.25) is 0 Å². The lowest BCUT2D eigenvalue weighted by Gasteiger charge is -2.06. The molecule has 0 bridgehead atoms. The molecule has 3 N–H and O–H groups in total. The predicted molar refractivity (Wildman–Crippen MR) is 80.9 cm³/mol. The van der Waals surface area contributed by atoms with Crippen LogP contribution in [-0.4, -0.2) is 19.1 Å². The molecule has 0 aliphatic heterocycles. The lowest BCUT2D eigenvalue weighted by Crippen LogP contribution is -2.20. The summed E-state index contributed by atoms with van der Waals surface area (Å²) in [5.41, 5.74) is 6.20. The Morgan fingerprint density at radius 2 is 2.05 bits per heavy atom. The van der Waals surface area contributed by atoms with E-state index in [1.54, 1.807) is 11.3 Å². The van der Waals surface area contributed by atoms with Crippen molar-refractivity contribution in [3.63, 3.8) is 0 Å². The Labute approximate surface area is 122 Å². The first-order valence-electron chi connectivity index (χ1n) is 6.47. The summed E-state index contributed by atoms with van der Waals surface area (Å²) in [6.45, 7) is 1.69. The number of hydrogen-bond donors (Lipinski definition) is 2. The summed E-state index contributed by atoms with van der Waals surface area (Å²) >= 11 is 1.78. The Morgan fingerprint density at radius 1 is 1.25 bits per heavy atom. The van der Waals surface area contributed by atoms with Crippen LogP contribution in [0.15, 0.2) is 41.8 Å². The summed E-state index contributed by atoms with van der Waals surface area (Å²) in [6, 6.07) is 11.9. The number of carbonyl (C=O) groups excluding carboxylic acids is 1. The van der Waals surface area contributed by atoms with Crippen LogP contribution in [0, 0.1) is 0 Å². The van der Waals surface area contributed by atoms with E-state index >= 15 is 0 Å². The Balaban J connectivity index is 1.69. The van der Waals surface area contributed by atoms with Crippen LogP contribution < -0.4 is 15.8 Å². The van der Waals surface area contributed by atoms with Crippen LogP contribution in [0.3, 0.4) is 0 Å². The van der Waals surface area contributed by atoms with Gasteiger partial charge in [-0.3, -0.25) is 4.79 Å². The number of rotatable bonds is 8. The summed E-state index contributed by atoms with van der Waals surface area (Å²) in [6.07, 6.45) is 1.05. The zero-order valence-corrected chi connectivity index (χ0v) is 12.0. The molecule has 0 atom stereocenters. The van der Waals surface area contributed by atoms with E-state index in [-0.39, 0.29) is 6.61 Å². The number of nitrogens with one attached hydrogen (secondary N) is 1. The Kier molecular flexibility index (Phi) is 5.58. The zero-order valence-electron chi connectivity index (χ0n) is 11.2. The highest BCUT2D eigenvalue weighted by atomic mass is 32.1. The molecule has 0 fully saturated rings. The van der Waals surface area contributed by atoms with Crippen molar-refractivity contribution >= 4 is 17.2 Å². The molecule has 4 nitrogen and oxygen atoms in total. The summed E-state index contributed by atoms with van der Waals surface area (Å²) in [4.78, 5) is 12.0. The van der Waals surface area contributed by atoms with E-state index in [9.17, 15) is 4.79 Å². The third-order valence-corrected chi connectivity index (χ3v) is 3.70. The molecule has 2 rings (SSSR count). The zero-order chi connectivity index (χ0) is 14.2. The molecule has 2 aromatic rings. The number of thiophene rings is 1. The minimum absolute atomic E-state index is 0.0849. The highest BCUT2D eigenvalue weighted by Gasteiger charge is 1.99. The van der Waals surface area contributed by atoms with Crippen molar-refractivity contribution in [2.24, 2.45) is 5.73 Å². The Morgan fingerprint density at radius 3 is 2.70 bits per heavy atom. The molecule has 1 aromatic heterocycles. The van der Waals surface area contributed by atoms with E-state index < -0.39 is 5.91 Å². The van der Waals surface area contributed by atoms with Gasteiger partial charge in [-0.15, -0.1) is 11.3 Å². The maximum atomic E-state index is 10.6. The first-order valence-corrected chi connectivity index (χ1v) is 7.35. The van der Waals surface area contributed by atoms with Gasteiger partial charge in [0, 0.05) is 18.0 Å². The monoisotopic (exact) mass is 290 g/mol. The molecule has 20 heavy (non-hydrogen) atoms. The number of carbonyl (C=O) groups is 1. The molecule has 0 aliphatic rings. The number of primary amides is 1. The van der Waals surface area contributed by atoms with Gasteiger partial charge in [-0.1, -0.05) is 18.2 Å². The standard InChI is InChI=1S/C15H18N2O2S/c16-15(18)11-19-13-5-3-12(4-6-13)10-17-8-7-14-2-1-9-20-14/h1-6,9,17H,7-8,10-11H2,(H2,16,18). The fraction of sp³-hybridized carbons (Fsp3) is 0.267. The average Bonchev–Trinajstić information content (AvgIpc) is 2.96. The molecule has 1 heterocycles. The number of nitrogens with two attached hydrogens (primary N) is 1. The van der Waals surface area contributed by atoms with Crippen LogP contribution in [0.1, 0.15) is 10.4 Å². The molecule has 1 amide bonds. The van der Waals surface area contributed by atoms with Crippen LogP contribution in [0.4, 0.5) is 0 Å². The number of ether oxygens (including phenoxy) is 1. The van der Waals surface area contributed by atoms with Crippen LogP contribution in [0.25, 0.3) is 0 Å². The van der Waals surface area contributed by atoms with E-state index in [4.69, 9.17) is 10.5 Å². The molecule has 0 spiro atoms. The topological polar surface area (TPSA) is 64.4 Å². The molecular formula is C15H18N2O2S. The SMILES string of the molecule is NC(=O)COc1ccc(CNCCc2cccs2)cc1. The van der Waals surface area contributed by atoms with Crippen LogP contribution in [0.5, 0.6) is 5.75 Å².